The van der Waals surface area contributed by atoms with Gasteiger partial charge in [0, 0.05) is 18.2 Å². The molecule has 0 amide bonds. The molecule has 1 unspecified atom stereocenters. The van der Waals surface area contributed by atoms with Crippen LogP contribution in [-0.2, 0) is 11.3 Å². The number of piperidine rings is 1. The van der Waals surface area contributed by atoms with Crippen LogP contribution in [-0.4, -0.2) is 48.1 Å². The van der Waals surface area contributed by atoms with Crippen molar-refractivity contribution in [2.24, 2.45) is 17.0 Å². The molecule has 0 radical (unpaired) electrons. The van der Waals surface area contributed by atoms with Crippen LogP contribution in [0.4, 0.5) is 4.39 Å². The summed E-state index contributed by atoms with van der Waals surface area (Å²) in [4.78, 5) is 7.65. The van der Waals surface area contributed by atoms with Crippen LogP contribution in [0.5, 0.6) is 5.75 Å². The van der Waals surface area contributed by atoms with Gasteiger partial charge in [-0.3, -0.25) is 0 Å². The molecule has 1 N–H and O–H groups in total. The lowest BCUT2D eigenvalue weighted by Gasteiger charge is -2.33. The van der Waals surface area contributed by atoms with E-state index in [9.17, 15) is 9.50 Å². The van der Waals surface area contributed by atoms with Crippen LogP contribution in [0.25, 0.3) is 0 Å². The molecule has 0 bridgehead atoms. The summed E-state index contributed by atoms with van der Waals surface area (Å²) in [5.74, 6) is 1.67. The van der Waals surface area contributed by atoms with Gasteiger partial charge >= 0.3 is 0 Å². The second-order valence-electron chi connectivity index (χ2n) is 9.41. The largest absolute Gasteiger partial charge is 0.491 e. The van der Waals surface area contributed by atoms with Gasteiger partial charge in [0.05, 0.1) is 11.6 Å². The Morgan fingerprint density at radius 3 is 2.62 bits per heavy atom. The van der Waals surface area contributed by atoms with Gasteiger partial charge in [-0.1, -0.05) is 35.5 Å². The van der Waals surface area contributed by atoms with Gasteiger partial charge in [0.25, 0.3) is 0 Å². The molecule has 1 fully saturated rings. The summed E-state index contributed by atoms with van der Waals surface area (Å²) >= 11 is 0. The van der Waals surface area contributed by atoms with Crippen molar-refractivity contribution in [2.75, 3.05) is 26.2 Å². The van der Waals surface area contributed by atoms with Crippen LogP contribution < -0.4 is 4.74 Å². The number of benzene rings is 2. The van der Waals surface area contributed by atoms with Gasteiger partial charge in [0.2, 0.25) is 0 Å². The molecule has 0 saturated carbocycles. The number of oxime groups is 1. The van der Waals surface area contributed by atoms with E-state index in [0.29, 0.717) is 24.5 Å². The monoisotopic (exact) mass is 462 g/mol. The smallest absolute Gasteiger partial charge is 0.147 e. The summed E-state index contributed by atoms with van der Waals surface area (Å²) in [6.07, 6.45) is 6.44. The first-order valence-corrected chi connectivity index (χ1v) is 12.1. The number of allylic oxidation sites excluding steroid dienone is 4. The highest BCUT2D eigenvalue weighted by atomic mass is 19.1. The van der Waals surface area contributed by atoms with Crippen molar-refractivity contribution in [3.63, 3.8) is 0 Å². The maximum atomic E-state index is 13.4. The SMILES string of the molecule is O[C@@H](COc1ccc(C2=NOC3=CC(F)=CCC32)cc1)CN1CCC(Cc2ccccc2)CC1. The summed E-state index contributed by atoms with van der Waals surface area (Å²) in [5, 5.41) is 14.6. The molecule has 0 aromatic heterocycles. The maximum absolute atomic E-state index is 13.4. The highest BCUT2D eigenvalue weighted by Gasteiger charge is 2.32. The van der Waals surface area contributed by atoms with Crippen molar-refractivity contribution in [2.45, 2.75) is 31.8 Å². The van der Waals surface area contributed by atoms with E-state index in [2.05, 4.69) is 40.4 Å². The minimum atomic E-state index is -0.533. The molecule has 2 heterocycles. The fourth-order valence-electron chi connectivity index (χ4n) is 4.98. The third-order valence-corrected chi connectivity index (χ3v) is 6.89. The lowest BCUT2D eigenvalue weighted by atomic mass is 9.90. The minimum absolute atomic E-state index is 0.0371. The van der Waals surface area contributed by atoms with Gasteiger partial charge in [-0.25, -0.2) is 4.39 Å². The Hall–Kier alpha value is -2.96. The van der Waals surface area contributed by atoms with Gasteiger partial charge in [-0.15, -0.1) is 0 Å². The highest BCUT2D eigenvalue weighted by molar-refractivity contribution is 6.04. The second-order valence-corrected chi connectivity index (χ2v) is 9.41. The fraction of sp³-hybridized carbons (Fsp3) is 0.393. The van der Waals surface area contributed by atoms with Crippen LogP contribution in [0.15, 0.2) is 83.5 Å². The van der Waals surface area contributed by atoms with E-state index in [1.165, 1.54) is 11.6 Å². The van der Waals surface area contributed by atoms with Crippen molar-refractivity contribution < 1.29 is 19.1 Å². The Bertz CT molecular complexity index is 1060. The molecule has 5 rings (SSSR count). The van der Waals surface area contributed by atoms with Gasteiger partial charge in [-0.05, 0) is 80.6 Å². The fourth-order valence-corrected chi connectivity index (χ4v) is 4.98. The molecule has 3 aliphatic rings. The lowest BCUT2D eigenvalue weighted by molar-refractivity contribution is 0.0550. The average Bonchev–Trinajstić information content (AvgIpc) is 3.28. The van der Waals surface area contributed by atoms with E-state index in [0.717, 1.165) is 49.5 Å². The Balaban J connectivity index is 1.05. The number of aliphatic hydroxyl groups excluding tert-OH is 1. The third-order valence-electron chi connectivity index (χ3n) is 6.89. The minimum Gasteiger partial charge on any atom is -0.491 e. The number of ether oxygens (including phenoxy) is 1. The van der Waals surface area contributed by atoms with Crippen molar-refractivity contribution in [3.8, 4) is 5.75 Å². The summed E-state index contributed by atoms with van der Waals surface area (Å²) < 4.78 is 19.2. The first kappa shape index (κ1) is 22.8. The van der Waals surface area contributed by atoms with E-state index in [1.807, 2.05) is 24.3 Å². The zero-order chi connectivity index (χ0) is 23.3. The Kier molecular flexibility index (Phi) is 7.07. The Morgan fingerprint density at radius 1 is 1.09 bits per heavy atom. The first-order chi connectivity index (χ1) is 16.6. The molecular formula is C28H31FN2O3. The maximum Gasteiger partial charge on any atom is 0.147 e. The van der Waals surface area contributed by atoms with E-state index in [4.69, 9.17) is 9.57 Å². The normalized spacial score (nSPS) is 21.7. The van der Waals surface area contributed by atoms with Crippen LogP contribution in [0, 0.1) is 11.8 Å². The number of hydrogen-bond donors (Lipinski definition) is 1. The molecule has 1 aliphatic carbocycles. The molecule has 2 atom stereocenters. The molecule has 2 aromatic rings. The topological polar surface area (TPSA) is 54.3 Å². The van der Waals surface area contributed by atoms with E-state index >= 15 is 0 Å². The molecule has 34 heavy (non-hydrogen) atoms. The standard InChI is InChI=1S/C28H31FN2O3/c29-23-8-11-26-27(17-23)34-30-28(26)22-6-9-25(10-7-22)33-19-24(32)18-31-14-12-21(13-15-31)16-20-4-2-1-3-5-20/h1-10,17,21,24,26,32H,11-16,18-19H2/t24-,26?/m1/s1. The predicted octanol–water partition coefficient (Wildman–Crippen LogP) is 4.87. The summed E-state index contributed by atoms with van der Waals surface area (Å²) in [6, 6.07) is 18.3. The number of likely N-dealkylation sites (tertiary alicyclic amines) is 1. The zero-order valence-electron chi connectivity index (χ0n) is 19.3. The van der Waals surface area contributed by atoms with Gasteiger partial charge in [-0.2, -0.15) is 0 Å². The van der Waals surface area contributed by atoms with Gasteiger partial charge in [0.15, 0.2) is 0 Å². The predicted molar refractivity (Wildman–Crippen MR) is 130 cm³/mol. The van der Waals surface area contributed by atoms with Gasteiger partial charge in [0.1, 0.15) is 30.0 Å². The highest BCUT2D eigenvalue weighted by Crippen LogP contribution is 2.34. The quantitative estimate of drug-likeness (QED) is 0.608. The molecule has 5 nitrogen and oxygen atoms in total. The number of β-amino-alcohol motifs (C(OH)–C–C–N with tert-alkyl or cyclic N) is 1. The molecule has 1 saturated heterocycles. The molecule has 2 aliphatic heterocycles. The average molecular weight is 463 g/mol. The Morgan fingerprint density at radius 2 is 1.85 bits per heavy atom. The summed E-state index contributed by atoms with van der Waals surface area (Å²) in [5.41, 5.74) is 3.14. The number of fused-ring (bicyclic) bond motifs is 1. The number of hydrogen-bond acceptors (Lipinski definition) is 5. The number of rotatable bonds is 8. The third kappa shape index (κ3) is 5.57. The van der Waals surface area contributed by atoms with E-state index in [1.54, 1.807) is 6.08 Å². The summed E-state index contributed by atoms with van der Waals surface area (Å²) in [7, 11) is 0. The van der Waals surface area contributed by atoms with Crippen molar-refractivity contribution in [1.29, 1.82) is 0 Å². The molecule has 2 aromatic carbocycles. The Labute approximate surface area is 200 Å². The lowest BCUT2D eigenvalue weighted by Crippen LogP contribution is -2.41. The van der Waals surface area contributed by atoms with Crippen LogP contribution in [0.3, 0.4) is 0 Å². The van der Waals surface area contributed by atoms with E-state index < -0.39 is 6.10 Å². The molecule has 178 valence electrons. The van der Waals surface area contributed by atoms with Crippen molar-refractivity contribution in [1.82, 2.24) is 4.90 Å². The van der Waals surface area contributed by atoms with Crippen LogP contribution >= 0.6 is 0 Å². The van der Waals surface area contributed by atoms with Crippen molar-refractivity contribution >= 4 is 5.71 Å². The molecular weight excluding hydrogens is 431 g/mol. The number of nitrogens with zero attached hydrogens (tertiary/aromatic N) is 2. The van der Waals surface area contributed by atoms with Crippen LogP contribution in [0.2, 0.25) is 0 Å². The van der Waals surface area contributed by atoms with Crippen molar-refractivity contribution in [3.05, 3.63) is 89.5 Å². The number of halogens is 1. The molecule has 0 spiro atoms. The van der Waals surface area contributed by atoms with E-state index in [-0.39, 0.29) is 18.4 Å². The summed E-state index contributed by atoms with van der Waals surface area (Å²) in [6.45, 7) is 2.92. The second kappa shape index (κ2) is 10.5. The first-order valence-electron chi connectivity index (χ1n) is 12.1. The number of aliphatic hydroxyl groups is 1. The van der Waals surface area contributed by atoms with Crippen LogP contribution in [0.1, 0.15) is 30.4 Å². The van der Waals surface area contributed by atoms with Gasteiger partial charge < -0.3 is 19.6 Å². The molecule has 6 heteroatoms. The zero-order valence-corrected chi connectivity index (χ0v) is 19.3.